The van der Waals surface area contributed by atoms with Crippen LogP contribution in [0.5, 0.6) is 0 Å². The zero-order chi connectivity index (χ0) is 14.5. The molecule has 0 aliphatic rings. The second-order valence-corrected chi connectivity index (χ2v) is 5.26. The summed E-state index contributed by atoms with van der Waals surface area (Å²) in [5.41, 5.74) is 2.87. The van der Waals surface area contributed by atoms with Gasteiger partial charge in [-0.2, -0.15) is 15.0 Å². The van der Waals surface area contributed by atoms with E-state index < -0.39 is 0 Å². The molecule has 108 valence electrons. The molecule has 1 aromatic heterocycles. The third kappa shape index (κ3) is 3.65. The van der Waals surface area contributed by atoms with Crippen molar-refractivity contribution in [3.8, 4) is 11.3 Å². The molecule has 0 aliphatic carbocycles. The van der Waals surface area contributed by atoms with E-state index in [1.807, 2.05) is 30.3 Å². The Morgan fingerprint density at radius 2 is 1.85 bits per heavy atom. The number of aliphatic hydroxyl groups is 1. The SMILES string of the molecule is CC(C)n1nc(CNC[C@@H](C)O)c(-c2ccccc2)n1. The van der Waals surface area contributed by atoms with Crippen molar-refractivity contribution in [2.45, 2.75) is 39.5 Å². The smallest absolute Gasteiger partial charge is 0.117 e. The van der Waals surface area contributed by atoms with Gasteiger partial charge in [-0.05, 0) is 20.8 Å². The summed E-state index contributed by atoms with van der Waals surface area (Å²) in [6.07, 6.45) is -0.365. The molecule has 1 aromatic carbocycles. The first-order valence-electron chi connectivity index (χ1n) is 6.98. The molecular formula is C15H22N4O. The largest absolute Gasteiger partial charge is 0.392 e. The van der Waals surface area contributed by atoms with Crippen LogP contribution in [0.2, 0.25) is 0 Å². The lowest BCUT2D eigenvalue weighted by Crippen LogP contribution is -2.24. The second-order valence-electron chi connectivity index (χ2n) is 5.26. The van der Waals surface area contributed by atoms with Gasteiger partial charge in [0.25, 0.3) is 0 Å². The van der Waals surface area contributed by atoms with Gasteiger partial charge in [0.15, 0.2) is 0 Å². The van der Waals surface area contributed by atoms with E-state index in [2.05, 4.69) is 29.4 Å². The van der Waals surface area contributed by atoms with Crippen LogP contribution in [0.4, 0.5) is 0 Å². The molecule has 2 N–H and O–H groups in total. The summed E-state index contributed by atoms with van der Waals surface area (Å²) >= 11 is 0. The first-order chi connectivity index (χ1) is 9.58. The summed E-state index contributed by atoms with van der Waals surface area (Å²) in [7, 11) is 0. The van der Waals surface area contributed by atoms with E-state index in [0.29, 0.717) is 13.1 Å². The van der Waals surface area contributed by atoms with E-state index in [4.69, 9.17) is 0 Å². The molecule has 2 aromatic rings. The molecule has 0 spiro atoms. The number of nitrogens with one attached hydrogen (secondary N) is 1. The average molecular weight is 274 g/mol. The number of nitrogens with zero attached hydrogens (tertiary/aromatic N) is 3. The van der Waals surface area contributed by atoms with Crippen molar-refractivity contribution >= 4 is 0 Å². The maximum atomic E-state index is 9.31. The summed E-state index contributed by atoms with van der Waals surface area (Å²) in [5.74, 6) is 0. The zero-order valence-electron chi connectivity index (χ0n) is 12.2. The molecule has 0 aliphatic heterocycles. The van der Waals surface area contributed by atoms with Gasteiger partial charge in [0.2, 0.25) is 0 Å². The number of benzene rings is 1. The molecule has 0 radical (unpaired) electrons. The highest BCUT2D eigenvalue weighted by molar-refractivity contribution is 5.60. The Hall–Kier alpha value is -1.72. The Morgan fingerprint density at radius 1 is 1.15 bits per heavy atom. The Kier molecular flexibility index (Phi) is 4.87. The van der Waals surface area contributed by atoms with Crippen LogP contribution in [-0.4, -0.2) is 32.7 Å². The first-order valence-corrected chi connectivity index (χ1v) is 6.98. The van der Waals surface area contributed by atoms with Crippen LogP contribution in [0.15, 0.2) is 30.3 Å². The van der Waals surface area contributed by atoms with Gasteiger partial charge in [-0.3, -0.25) is 0 Å². The number of rotatable bonds is 6. The van der Waals surface area contributed by atoms with Gasteiger partial charge in [0, 0.05) is 18.7 Å². The van der Waals surface area contributed by atoms with Gasteiger partial charge in [-0.25, -0.2) is 0 Å². The lowest BCUT2D eigenvalue weighted by atomic mass is 10.1. The minimum absolute atomic E-state index is 0.225. The summed E-state index contributed by atoms with van der Waals surface area (Å²) < 4.78 is 0. The van der Waals surface area contributed by atoms with Gasteiger partial charge in [0.1, 0.15) is 11.4 Å². The number of aromatic nitrogens is 3. The molecule has 1 atom stereocenters. The highest BCUT2D eigenvalue weighted by Crippen LogP contribution is 2.21. The van der Waals surface area contributed by atoms with Crippen molar-refractivity contribution in [1.82, 2.24) is 20.3 Å². The molecule has 0 amide bonds. The van der Waals surface area contributed by atoms with Crippen LogP contribution in [0.1, 0.15) is 32.5 Å². The van der Waals surface area contributed by atoms with Crippen molar-refractivity contribution < 1.29 is 5.11 Å². The van der Waals surface area contributed by atoms with Crippen molar-refractivity contribution in [2.75, 3.05) is 6.54 Å². The van der Waals surface area contributed by atoms with E-state index in [9.17, 15) is 5.11 Å². The highest BCUT2D eigenvalue weighted by atomic mass is 16.3. The van der Waals surface area contributed by atoms with Gasteiger partial charge in [-0.15, -0.1) is 0 Å². The molecule has 0 bridgehead atoms. The Bertz CT molecular complexity index is 534. The van der Waals surface area contributed by atoms with Crippen LogP contribution in [0.3, 0.4) is 0 Å². The first kappa shape index (κ1) is 14.7. The normalized spacial score (nSPS) is 12.8. The maximum Gasteiger partial charge on any atom is 0.117 e. The molecule has 0 fully saturated rings. The molecule has 1 heterocycles. The zero-order valence-corrected chi connectivity index (χ0v) is 12.2. The maximum absolute atomic E-state index is 9.31. The molecule has 0 saturated heterocycles. The Labute approximate surface area is 119 Å². The van der Waals surface area contributed by atoms with Crippen LogP contribution < -0.4 is 5.32 Å². The Morgan fingerprint density at radius 3 is 2.45 bits per heavy atom. The Balaban J connectivity index is 2.24. The molecular weight excluding hydrogens is 252 g/mol. The standard InChI is InChI=1S/C15H22N4O/c1-11(2)19-17-14(10-16-9-12(3)20)15(18-19)13-7-5-4-6-8-13/h4-8,11-12,16,20H,9-10H2,1-3H3/t12-/m1/s1. The van der Waals surface area contributed by atoms with Gasteiger partial charge in [0.05, 0.1) is 12.1 Å². The van der Waals surface area contributed by atoms with Crippen molar-refractivity contribution in [3.05, 3.63) is 36.0 Å². The molecule has 0 unspecified atom stereocenters. The fourth-order valence-electron chi connectivity index (χ4n) is 1.92. The molecule has 0 saturated carbocycles. The van der Waals surface area contributed by atoms with Gasteiger partial charge < -0.3 is 10.4 Å². The van der Waals surface area contributed by atoms with E-state index in [-0.39, 0.29) is 12.1 Å². The number of hydrogen-bond donors (Lipinski definition) is 2. The second kappa shape index (κ2) is 6.63. The third-order valence-corrected chi connectivity index (χ3v) is 2.94. The monoisotopic (exact) mass is 274 g/mol. The third-order valence-electron chi connectivity index (χ3n) is 2.94. The van der Waals surface area contributed by atoms with Crippen LogP contribution >= 0.6 is 0 Å². The predicted octanol–water partition coefficient (Wildman–Crippen LogP) is 2.00. The molecule has 2 rings (SSSR count). The van der Waals surface area contributed by atoms with E-state index in [0.717, 1.165) is 17.0 Å². The fraction of sp³-hybridized carbons (Fsp3) is 0.467. The van der Waals surface area contributed by atoms with E-state index in [1.165, 1.54) is 0 Å². The highest BCUT2D eigenvalue weighted by Gasteiger charge is 2.14. The van der Waals surface area contributed by atoms with Crippen LogP contribution in [-0.2, 0) is 6.54 Å². The minimum Gasteiger partial charge on any atom is -0.392 e. The molecule has 5 heteroatoms. The van der Waals surface area contributed by atoms with Crippen molar-refractivity contribution in [2.24, 2.45) is 0 Å². The van der Waals surface area contributed by atoms with E-state index in [1.54, 1.807) is 11.7 Å². The average Bonchev–Trinajstić information content (AvgIpc) is 2.84. The van der Waals surface area contributed by atoms with E-state index >= 15 is 0 Å². The fourth-order valence-corrected chi connectivity index (χ4v) is 1.92. The quantitative estimate of drug-likeness (QED) is 0.845. The summed E-state index contributed by atoms with van der Waals surface area (Å²) in [6.45, 7) is 7.02. The van der Waals surface area contributed by atoms with Crippen LogP contribution in [0, 0.1) is 0 Å². The van der Waals surface area contributed by atoms with Gasteiger partial charge in [-0.1, -0.05) is 30.3 Å². The summed E-state index contributed by atoms with van der Waals surface area (Å²) in [6, 6.07) is 10.3. The van der Waals surface area contributed by atoms with Gasteiger partial charge >= 0.3 is 0 Å². The topological polar surface area (TPSA) is 63.0 Å². The van der Waals surface area contributed by atoms with Crippen molar-refractivity contribution in [3.63, 3.8) is 0 Å². The number of hydrogen-bond acceptors (Lipinski definition) is 4. The summed E-state index contributed by atoms with van der Waals surface area (Å²) in [4.78, 5) is 1.74. The molecule has 5 nitrogen and oxygen atoms in total. The lowest BCUT2D eigenvalue weighted by molar-refractivity contribution is 0.191. The molecule has 20 heavy (non-hydrogen) atoms. The lowest BCUT2D eigenvalue weighted by Gasteiger charge is -2.06. The summed E-state index contributed by atoms with van der Waals surface area (Å²) in [5, 5.41) is 21.6. The van der Waals surface area contributed by atoms with Crippen molar-refractivity contribution in [1.29, 1.82) is 0 Å². The minimum atomic E-state index is -0.365. The van der Waals surface area contributed by atoms with Crippen LogP contribution in [0.25, 0.3) is 11.3 Å². The number of aliphatic hydroxyl groups excluding tert-OH is 1. The predicted molar refractivity (Wildman–Crippen MR) is 79.2 cm³/mol.